The lowest BCUT2D eigenvalue weighted by atomic mass is 10.0. The predicted molar refractivity (Wildman–Crippen MR) is 78.7 cm³/mol. The molecule has 0 aliphatic heterocycles. The van der Waals surface area contributed by atoms with E-state index in [0.717, 1.165) is 17.7 Å². The lowest BCUT2D eigenvalue weighted by Crippen LogP contribution is -2.32. The van der Waals surface area contributed by atoms with Crippen LogP contribution in [0.2, 0.25) is 0 Å². The summed E-state index contributed by atoms with van der Waals surface area (Å²) in [5.41, 5.74) is 1.65. The van der Waals surface area contributed by atoms with Crippen molar-refractivity contribution in [3.63, 3.8) is 0 Å². The maximum absolute atomic E-state index is 12.2. The lowest BCUT2D eigenvalue weighted by molar-refractivity contribution is 0.0934. The highest BCUT2D eigenvalue weighted by Gasteiger charge is 2.16. The topological polar surface area (TPSA) is 62.0 Å². The maximum Gasteiger partial charge on any atom is 0.257 e. The van der Waals surface area contributed by atoms with E-state index in [4.69, 9.17) is 0 Å². The number of carbonyl (C=O) groups excluding carboxylic acids is 1. The summed E-state index contributed by atoms with van der Waals surface area (Å²) in [5, 5.41) is 2.90. The number of benzene rings is 1. The van der Waals surface area contributed by atoms with Gasteiger partial charge >= 0.3 is 0 Å². The molecule has 1 aromatic heterocycles. The number of hydrogen-bond acceptors (Lipinski definition) is 2. The van der Waals surface area contributed by atoms with Crippen molar-refractivity contribution in [2.24, 2.45) is 0 Å². The molecule has 1 aromatic carbocycles. The zero-order valence-corrected chi connectivity index (χ0v) is 11.6. The molecule has 20 heavy (non-hydrogen) atoms. The molecule has 0 aliphatic carbocycles. The van der Waals surface area contributed by atoms with Gasteiger partial charge < -0.3 is 10.3 Å². The largest absolute Gasteiger partial charge is 0.364 e. The van der Waals surface area contributed by atoms with E-state index in [2.05, 4.69) is 10.3 Å². The van der Waals surface area contributed by atoms with Crippen molar-refractivity contribution < 1.29 is 4.79 Å². The van der Waals surface area contributed by atoms with E-state index in [9.17, 15) is 9.59 Å². The molecule has 2 aromatic rings. The van der Waals surface area contributed by atoms with Crippen LogP contribution in [0, 0.1) is 6.92 Å². The minimum atomic E-state index is -0.345. The van der Waals surface area contributed by atoms with Gasteiger partial charge in [-0.25, -0.2) is 0 Å². The summed E-state index contributed by atoms with van der Waals surface area (Å²) in [4.78, 5) is 26.9. The molecule has 1 atom stereocenters. The average molecular weight is 270 g/mol. The molecule has 4 heteroatoms. The van der Waals surface area contributed by atoms with Crippen LogP contribution in [0.4, 0.5) is 0 Å². The summed E-state index contributed by atoms with van der Waals surface area (Å²) in [5.74, 6) is -0.345. The second-order valence-electron chi connectivity index (χ2n) is 4.74. The van der Waals surface area contributed by atoms with Gasteiger partial charge in [-0.05, 0) is 18.9 Å². The molecule has 0 aliphatic rings. The van der Waals surface area contributed by atoms with Gasteiger partial charge in [0.2, 0.25) is 0 Å². The quantitative estimate of drug-likeness (QED) is 0.897. The predicted octanol–water partition coefficient (Wildman–Crippen LogP) is 2.56. The van der Waals surface area contributed by atoms with Crippen LogP contribution in [-0.4, -0.2) is 10.9 Å². The summed E-state index contributed by atoms with van der Waals surface area (Å²) in [7, 11) is 0. The van der Waals surface area contributed by atoms with E-state index >= 15 is 0 Å². The first kappa shape index (κ1) is 14.1. The maximum atomic E-state index is 12.2. The number of pyridine rings is 1. The molecule has 0 bridgehead atoms. The Morgan fingerprint density at radius 3 is 2.60 bits per heavy atom. The molecule has 1 heterocycles. The number of carbonyl (C=O) groups is 1. The summed E-state index contributed by atoms with van der Waals surface area (Å²) < 4.78 is 0. The molecule has 0 spiro atoms. The van der Waals surface area contributed by atoms with Crippen molar-refractivity contribution in [2.45, 2.75) is 26.3 Å². The highest BCUT2D eigenvalue weighted by molar-refractivity contribution is 5.94. The zero-order valence-electron chi connectivity index (χ0n) is 11.6. The van der Waals surface area contributed by atoms with E-state index in [-0.39, 0.29) is 22.9 Å². The van der Waals surface area contributed by atoms with Crippen LogP contribution in [-0.2, 0) is 0 Å². The van der Waals surface area contributed by atoms with Gasteiger partial charge in [-0.15, -0.1) is 0 Å². The first-order valence-corrected chi connectivity index (χ1v) is 6.67. The third kappa shape index (κ3) is 3.15. The Kier molecular flexibility index (Phi) is 4.35. The van der Waals surface area contributed by atoms with Crippen LogP contribution in [0.25, 0.3) is 0 Å². The highest BCUT2D eigenvalue weighted by atomic mass is 16.2. The number of nitrogens with one attached hydrogen (secondary N) is 2. The molecule has 0 saturated heterocycles. The van der Waals surface area contributed by atoms with Gasteiger partial charge in [0.1, 0.15) is 5.56 Å². The number of aromatic amines is 1. The Balaban J connectivity index is 2.20. The molecule has 1 amide bonds. The molecule has 0 fully saturated rings. The van der Waals surface area contributed by atoms with Crippen molar-refractivity contribution in [3.05, 3.63) is 69.6 Å². The zero-order chi connectivity index (χ0) is 14.5. The van der Waals surface area contributed by atoms with Crippen molar-refractivity contribution >= 4 is 5.91 Å². The van der Waals surface area contributed by atoms with Crippen LogP contribution in [0.15, 0.2) is 47.4 Å². The molecule has 1 unspecified atom stereocenters. The van der Waals surface area contributed by atoms with Gasteiger partial charge in [0, 0.05) is 18.0 Å². The summed E-state index contributed by atoms with van der Waals surface area (Å²) in [6, 6.07) is 11.1. The van der Waals surface area contributed by atoms with Crippen molar-refractivity contribution in [2.75, 3.05) is 0 Å². The van der Waals surface area contributed by atoms with Gasteiger partial charge in [0.25, 0.3) is 5.91 Å². The summed E-state index contributed by atoms with van der Waals surface area (Å²) in [6.07, 6.45) is 2.23. The molecule has 0 radical (unpaired) electrons. The SMILES string of the molecule is CCC(NC(=O)c1c[nH]c(C)cc1=O)c1ccccc1. The third-order valence-electron chi connectivity index (χ3n) is 3.22. The first-order chi connectivity index (χ1) is 9.61. The molecule has 0 saturated carbocycles. The summed E-state index contributed by atoms with van der Waals surface area (Å²) >= 11 is 0. The van der Waals surface area contributed by atoms with Gasteiger partial charge in [-0.3, -0.25) is 9.59 Å². The fourth-order valence-corrected chi connectivity index (χ4v) is 2.09. The standard InChI is InChI=1S/C16H18N2O2/c1-3-14(12-7-5-4-6-8-12)18-16(20)13-10-17-11(2)9-15(13)19/h4-10,14H,3H2,1-2H3,(H,17,19)(H,18,20). The van der Waals surface area contributed by atoms with Crippen molar-refractivity contribution in [1.82, 2.24) is 10.3 Å². The molecule has 2 rings (SSSR count). The number of amides is 1. The number of H-pyrrole nitrogens is 1. The number of hydrogen-bond donors (Lipinski definition) is 2. The van der Waals surface area contributed by atoms with Crippen molar-refractivity contribution in [1.29, 1.82) is 0 Å². The van der Waals surface area contributed by atoms with Gasteiger partial charge in [0.05, 0.1) is 6.04 Å². The van der Waals surface area contributed by atoms with Gasteiger partial charge in [-0.1, -0.05) is 37.3 Å². The normalized spacial score (nSPS) is 11.9. The molecule has 104 valence electrons. The number of aryl methyl sites for hydroxylation is 1. The monoisotopic (exact) mass is 270 g/mol. The second-order valence-corrected chi connectivity index (χ2v) is 4.74. The Bertz CT molecular complexity index is 647. The Hall–Kier alpha value is -2.36. The van der Waals surface area contributed by atoms with Crippen LogP contribution < -0.4 is 10.7 Å². The fraction of sp³-hybridized carbons (Fsp3) is 0.250. The van der Waals surface area contributed by atoms with Crippen LogP contribution in [0.1, 0.15) is 41.0 Å². The first-order valence-electron chi connectivity index (χ1n) is 6.67. The molecular weight excluding hydrogens is 252 g/mol. The summed E-state index contributed by atoms with van der Waals surface area (Å²) in [6.45, 7) is 3.78. The molecule has 4 nitrogen and oxygen atoms in total. The number of rotatable bonds is 4. The number of aromatic nitrogens is 1. The minimum Gasteiger partial charge on any atom is -0.364 e. The van der Waals surface area contributed by atoms with Gasteiger partial charge in [-0.2, -0.15) is 0 Å². The van der Waals surface area contributed by atoms with Crippen LogP contribution >= 0.6 is 0 Å². The van der Waals surface area contributed by atoms with E-state index in [1.807, 2.05) is 37.3 Å². The Morgan fingerprint density at radius 2 is 2.00 bits per heavy atom. The van der Waals surface area contributed by atoms with E-state index in [1.54, 1.807) is 6.92 Å². The lowest BCUT2D eigenvalue weighted by Gasteiger charge is -2.17. The minimum absolute atomic E-state index is 0.0931. The average Bonchev–Trinajstić information content (AvgIpc) is 2.45. The van der Waals surface area contributed by atoms with Crippen molar-refractivity contribution in [3.8, 4) is 0 Å². The highest BCUT2D eigenvalue weighted by Crippen LogP contribution is 2.16. The van der Waals surface area contributed by atoms with Crippen LogP contribution in [0.5, 0.6) is 0 Å². The van der Waals surface area contributed by atoms with Crippen LogP contribution in [0.3, 0.4) is 0 Å². The van der Waals surface area contributed by atoms with E-state index < -0.39 is 0 Å². The Labute approximate surface area is 117 Å². The van der Waals surface area contributed by atoms with Gasteiger partial charge in [0.15, 0.2) is 5.43 Å². The molecular formula is C16H18N2O2. The van der Waals surface area contributed by atoms with E-state index in [0.29, 0.717) is 0 Å². The second kappa shape index (κ2) is 6.19. The van der Waals surface area contributed by atoms with E-state index in [1.165, 1.54) is 12.3 Å². The smallest absolute Gasteiger partial charge is 0.257 e. The molecule has 2 N–H and O–H groups in total. The fourth-order valence-electron chi connectivity index (χ4n) is 2.09. The third-order valence-corrected chi connectivity index (χ3v) is 3.22. The Morgan fingerprint density at radius 1 is 1.30 bits per heavy atom.